The maximum absolute atomic E-state index is 12.1. The fourth-order valence-electron chi connectivity index (χ4n) is 2.03. The maximum atomic E-state index is 12.1. The van der Waals surface area contributed by atoms with E-state index in [9.17, 15) is 14.4 Å². The predicted molar refractivity (Wildman–Crippen MR) is 86.5 cm³/mol. The second-order valence-corrected chi connectivity index (χ2v) is 5.21. The highest BCUT2D eigenvalue weighted by molar-refractivity contribution is 5.95. The fraction of sp³-hybridized carbons (Fsp3) is 0.438. The molecule has 0 heterocycles. The minimum absolute atomic E-state index is 0.00830. The van der Waals surface area contributed by atoms with Crippen LogP contribution in [0.2, 0.25) is 0 Å². The van der Waals surface area contributed by atoms with E-state index in [2.05, 4.69) is 10.6 Å². The van der Waals surface area contributed by atoms with E-state index in [-0.39, 0.29) is 30.3 Å². The smallest absolute Gasteiger partial charge is 0.244 e. The predicted octanol–water partition coefficient (Wildman–Crippen LogP) is 2.23. The summed E-state index contributed by atoms with van der Waals surface area (Å²) in [6.45, 7) is 6.76. The Morgan fingerprint density at radius 3 is 2.23 bits per heavy atom. The van der Waals surface area contributed by atoms with Gasteiger partial charge in [0, 0.05) is 31.3 Å². The molecule has 3 amide bonds. The van der Waals surface area contributed by atoms with E-state index < -0.39 is 0 Å². The van der Waals surface area contributed by atoms with Crippen LogP contribution >= 0.6 is 0 Å². The first-order valence-electron chi connectivity index (χ1n) is 7.28. The van der Waals surface area contributed by atoms with Gasteiger partial charge in [0.15, 0.2) is 0 Å². The zero-order chi connectivity index (χ0) is 16.7. The Bertz CT molecular complexity index is 557. The van der Waals surface area contributed by atoms with Crippen molar-refractivity contribution in [2.45, 2.75) is 40.2 Å². The van der Waals surface area contributed by atoms with Crippen LogP contribution in [0.1, 0.15) is 34.1 Å². The van der Waals surface area contributed by atoms with Crippen LogP contribution in [0.4, 0.5) is 11.4 Å². The van der Waals surface area contributed by atoms with Gasteiger partial charge in [-0.25, -0.2) is 0 Å². The summed E-state index contributed by atoms with van der Waals surface area (Å²) in [6.07, 6.45) is 0.783. The number of nitrogens with zero attached hydrogens (tertiary/aromatic N) is 1. The first-order chi connectivity index (χ1) is 10.3. The van der Waals surface area contributed by atoms with Crippen molar-refractivity contribution in [3.8, 4) is 0 Å². The monoisotopic (exact) mass is 305 g/mol. The summed E-state index contributed by atoms with van der Waals surface area (Å²) in [7, 11) is 0. The van der Waals surface area contributed by atoms with Crippen molar-refractivity contribution in [1.29, 1.82) is 0 Å². The molecule has 0 saturated heterocycles. The number of rotatable bonds is 6. The lowest BCUT2D eigenvalue weighted by molar-refractivity contribution is -0.134. The molecule has 2 N–H and O–H groups in total. The van der Waals surface area contributed by atoms with E-state index >= 15 is 0 Å². The van der Waals surface area contributed by atoms with Crippen molar-refractivity contribution in [1.82, 2.24) is 4.90 Å². The molecular weight excluding hydrogens is 282 g/mol. The maximum Gasteiger partial charge on any atom is 0.244 e. The van der Waals surface area contributed by atoms with Gasteiger partial charge in [-0.1, -0.05) is 13.0 Å². The molecule has 0 aliphatic carbocycles. The third-order valence-corrected chi connectivity index (χ3v) is 3.31. The summed E-state index contributed by atoms with van der Waals surface area (Å²) in [6, 6.07) is 6.87. The Morgan fingerprint density at radius 2 is 1.73 bits per heavy atom. The SMILES string of the molecule is CCC(C)N(CC(=O)Nc1cccc(NC(C)=O)c1)C(C)=O. The number of carbonyl (C=O) groups excluding carboxylic acids is 3. The van der Waals surface area contributed by atoms with Gasteiger partial charge in [-0.05, 0) is 31.5 Å². The van der Waals surface area contributed by atoms with Crippen LogP contribution in [0.5, 0.6) is 0 Å². The van der Waals surface area contributed by atoms with Crippen molar-refractivity contribution < 1.29 is 14.4 Å². The number of amides is 3. The van der Waals surface area contributed by atoms with E-state index in [0.717, 1.165) is 6.42 Å². The average Bonchev–Trinajstić information content (AvgIpc) is 2.43. The van der Waals surface area contributed by atoms with Crippen LogP contribution in [0.3, 0.4) is 0 Å². The average molecular weight is 305 g/mol. The molecule has 0 saturated carbocycles. The number of nitrogens with one attached hydrogen (secondary N) is 2. The van der Waals surface area contributed by atoms with Gasteiger partial charge in [0.1, 0.15) is 6.54 Å². The van der Waals surface area contributed by atoms with E-state index in [1.165, 1.54) is 18.7 Å². The molecular formula is C16H23N3O3. The van der Waals surface area contributed by atoms with Gasteiger partial charge in [-0.15, -0.1) is 0 Å². The highest BCUT2D eigenvalue weighted by atomic mass is 16.2. The zero-order valence-corrected chi connectivity index (χ0v) is 13.5. The molecule has 0 fully saturated rings. The van der Waals surface area contributed by atoms with Gasteiger partial charge in [0.2, 0.25) is 17.7 Å². The molecule has 22 heavy (non-hydrogen) atoms. The van der Waals surface area contributed by atoms with Crippen molar-refractivity contribution >= 4 is 29.1 Å². The van der Waals surface area contributed by atoms with E-state index in [1.807, 2.05) is 13.8 Å². The Labute approximate surface area is 130 Å². The molecule has 0 spiro atoms. The van der Waals surface area contributed by atoms with Crippen LogP contribution in [0, 0.1) is 0 Å². The first-order valence-corrected chi connectivity index (χ1v) is 7.28. The Balaban J connectivity index is 2.71. The third kappa shape index (κ3) is 5.55. The van der Waals surface area contributed by atoms with E-state index in [4.69, 9.17) is 0 Å². The molecule has 0 aromatic heterocycles. The fourth-order valence-corrected chi connectivity index (χ4v) is 2.03. The van der Waals surface area contributed by atoms with Crippen molar-refractivity contribution in [3.05, 3.63) is 24.3 Å². The van der Waals surface area contributed by atoms with Crippen LogP contribution < -0.4 is 10.6 Å². The Hall–Kier alpha value is -2.37. The van der Waals surface area contributed by atoms with Crippen LogP contribution in [-0.4, -0.2) is 35.2 Å². The van der Waals surface area contributed by atoms with E-state index in [0.29, 0.717) is 11.4 Å². The summed E-state index contributed by atoms with van der Waals surface area (Å²) in [4.78, 5) is 36.3. The molecule has 1 aromatic rings. The van der Waals surface area contributed by atoms with Gasteiger partial charge >= 0.3 is 0 Å². The van der Waals surface area contributed by atoms with Crippen molar-refractivity contribution in [2.75, 3.05) is 17.2 Å². The lowest BCUT2D eigenvalue weighted by Crippen LogP contribution is -2.42. The zero-order valence-electron chi connectivity index (χ0n) is 13.5. The molecule has 1 atom stereocenters. The quantitative estimate of drug-likeness (QED) is 0.846. The molecule has 0 aliphatic heterocycles. The number of hydrogen-bond donors (Lipinski definition) is 2. The summed E-state index contributed by atoms with van der Waals surface area (Å²) in [5, 5.41) is 5.39. The van der Waals surface area contributed by atoms with Crippen LogP contribution in [-0.2, 0) is 14.4 Å². The largest absolute Gasteiger partial charge is 0.331 e. The normalized spacial score (nSPS) is 11.5. The summed E-state index contributed by atoms with van der Waals surface area (Å²) < 4.78 is 0. The molecule has 1 aromatic carbocycles. The molecule has 0 radical (unpaired) electrons. The molecule has 0 aliphatic rings. The summed E-state index contributed by atoms with van der Waals surface area (Å²) in [5.74, 6) is -0.574. The van der Waals surface area contributed by atoms with Crippen LogP contribution in [0.25, 0.3) is 0 Å². The lowest BCUT2D eigenvalue weighted by atomic mass is 10.2. The van der Waals surface area contributed by atoms with E-state index in [1.54, 1.807) is 24.3 Å². The molecule has 1 unspecified atom stereocenters. The second kappa shape index (κ2) is 8.17. The Morgan fingerprint density at radius 1 is 1.14 bits per heavy atom. The van der Waals surface area contributed by atoms with Gasteiger partial charge in [0.25, 0.3) is 0 Å². The molecule has 0 bridgehead atoms. The number of carbonyl (C=O) groups is 3. The van der Waals surface area contributed by atoms with Crippen LogP contribution in [0.15, 0.2) is 24.3 Å². The third-order valence-electron chi connectivity index (χ3n) is 3.31. The Kier molecular flexibility index (Phi) is 6.56. The summed E-state index contributed by atoms with van der Waals surface area (Å²) in [5.41, 5.74) is 1.18. The minimum atomic E-state index is -0.268. The summed E-state index contributed by atoms with van der Waals surface area (Å²) >= 11 is 0. The first kappa shape index (κ1) is 17.7. The highest BCUT2D eigenvalue weighted by Gasteiger charge is 2.18. The van der Waals surface area contributed by atoms with Gasteiger partial charge in [0.05, 0.1) is 0 Å². The van der Waals surface area contributed by atoms with Crippen molar-refractivity contribution in [3.63, 3.8) is 0 Å². The minimum Gasteiger partial charge on any atom is -0.331 e. The number of anilines is 2. The molecule has 6 nitrogen and oxygen atoms in total. The molecule has 120 valence electrons. The topological polar surface area (TPSA) is 78.5 Å². The standard InChI is InChI=1S/C16H23N3O3/c1-5-11(2)19(13(4)21)10-16(22)18-15-8-6-7-14(9-15)17-12(3)20/h6-9,11H,5,10H2,1-4H3,(H,17,20)(H,18,22). The number of hydrogen-bond acceptors (Lipinski definition) is 3. The molecule has 6 heteroatoms. The highest BCUT2D eigenvalue weighted by Crippen LogP contribution is 2.15. The molecule has 1 rings (SSSR count). The van der Waals surface area contributed by atoms with Gasteiger partial charge < -0.3 is 15.5 Å². The lowest BCUT2D eigenvalue weighted by Gasteiger charge is -2.26. The van der Waals surface area contributed by atoms with Crippen molar-refractivity contribution in [2.24, 2.45) is 0 Å². The van der Waals surface area contributed by atoms with Gasteiger partial charge in [-0.3, -0.25) is 14.4 Å². The van der Waals surface area contributed by atoms with Gasteiger partial charge in [-0.2, -0.15) is 0 Å². The second-order valence-electron chi connectivity index (χ2n) is 5.21. The number of benzene rings is 1.